The number of hydrogen-bond donors (Lipinski definition) is 0. The van der Waals surface area contributed by atoms with Gasteiger partial charge in [0.05, 0.1) is 22.9 Å². The van der Waals surface area contributed by atoms with E-state index in [2.05, 4.69) is 17.2 Å². The zero-order valence-corrected chi connectivity index (χ0v) is 27.0. The molecule has 0 atom stereocenters. The Kier molecular flexibility index (Phi) is 16.8. The number of azo groups is 1. The predicted octanol–water partition coefficient (Wildman–Crippen LogP) is 10.9. The third kappa shape index (κ3) is 13.4. The Morgan fingerprint density at radius 1 is 0.595 bits per heavy atom. The highest BCUT2D eigenvalue weighted by molar-refractivity contribution is 7.89. The van der Waals surface area contributed by atoms with Crippen LogP contribution >= 0.6 is 0 Å². The fourth-order valence-electron chi connectivity index (χ4n) is 5.50. The van der Waals surface area contributed by atoms with Crippen molar-refractivity contribution in [3.8, 4) is 5.75 Å². The highest BCUT2D eigenvalue weighted by Gasteiger charge is 2.25. The number of hydrogen-bond acceptors (Lipinski definition) is 5. The first-order valence-corrected chi connectivity index (χ1v) is 18.3. The summed E-state index contributed by atoms with van der Waals surface area (Å²) >= 11 is 0. The molecule has 0 amide bonds. The summed E-state index contributed by atoms with van der Waals surface area (Å²) in [6.45, 7) is 4.23. The van der Waals surface area contributed by atoms with Crippen LogP contribution in [0.2, 0.25) is 0 Å². The van der Waals surface area contributed by atoms with Crippen LogP contribution in [0.3, 0.4) is 0 Å². The molecule has 7 heteroatoms. The number of ether oxygens (including phenoxy) is 1. The van der Waals surface area contributed by atoms with Crippen LogP contribution in [0, 0.1) is 0 Å². The monoisotopic (exact) mass is 597 g/mol. The summed E-state index contributed by atoms with van der Waals surface area (Å²) in [5, 5.41) is 8.56. The van der Waals surface area contributed by atoms with Crippen LogP contribution in [0.15, 0.2) is 63.7 Å². The summed E-state index contributed by atoms with van der Waals surface area (Å²) in [7, 11) is -3.43. The fourth-order valence-corrected chi connectivity index (χ4v) is 7.02. The van der Waals surface area contributed by atoms with E-state index in [1.165, 1.54) is 96.3 Å². The third-order valence-corrected chi connectivity index (χ3v) is 10.1. The maximum Gasteiger partial charge on any atom is 0.243 e. The quantitative estimate of drug-likeness (QED) is 0.100. The van der Waals surface area contributed by atoms with Gasteiger partial charge in [-0.1, -0.05) is 110 Å². The molecule has 2 aromatic rings. The number of rotatable bonds is 22. The highest BCUT2D eigenvalue weighted by atomic mass is 32.2. The SMILES string of the molecule is CCCCCCCCCCCCCCCCCCOc1ccc(N=Nc2ccc(S(=O)(=O)N3CCCCC3)cc2)cc1. The van der Waals surface area contributed by atoms with Gasteiger partial charge >= 0.3 is 0 Å². The molecule has 0 saturated carbocycles. The Labute approximate surface area is 256 Å². The van der Waals surface area contributed by atoms with E-state index >= 15 is 0 Å². The second kappa shape index (κ2) is 20.6. The Morgan fingerprint density at radius 2 is 1.02 bits per heavy atom. The first kappa shape index (κ1) is 34.2. The molecular weight excluding hydrogens is 542 g/mol. The van der Waals surface area contributed by atoms with Crippen LogP contribution in [-0.2, 0) is 10.0 Å². The number of unbranched alkanes of at least 4 members (excludes halogenated alkanes) is 15. The van der Waals surface area contributed by atoms with Crippen molar-refractivity contribution in [1.29, 1.82) is 0 Å². The number of benzene rings is 2. The molecule has 1 heterocycles. The molecule has 2 aromatic carbocycles. The summed E-state index contributed by atoms with van der Waals surface area (Å²) in [6, 6.07) is 14.3. The van der Waals surface area contributed by atoms with Crippen molar-refractivity contribution in [3.63, 3.8) is 0 Å². The maximum atomic E-state index is 12.8. The summed E-state index contributed by atoms with van der Waals surface area (Å²) in [5.41, 5.74) is 1.35. The lowest BCUT2D eigenvalue weighted by atomic mass is 10.0. The summed E-state index contributed by atoms with van der Waals surface area (Å²) < 4.78 is 33.1. The van der Waals surface area contributed by atoms with E-state index in [-0.39, 0.29) is 0 Å². The number of sulfonamides is 1. The molecule has 0 spiro atoms. The maximum absolute atomic E-state index is 12.8. The van der Waals surface area contributed by atoms with Crippen LogP contribution in [-0.4, -0.2) is 32.4 Å². The Hall–Kier alpha value is -2.25. The van der Waals surface area contributed by atoms with Crippen molar-refractivity contribution < 1.29 is 13.2 Å². The van der Waals surface area contributed by atoms with Crippen LogP contribution < -0.4 is 4.74 Å². The average Bonchev–Trinajstić information content (AvgIpc) is 3.02. The van der Waals surface area contributed by atoms with E-state index in [4.69, 9.17) is 4.74 Å². The molecule has 1 saturated heterocycles. The minimum atomic E-state index is -3.43. The standard InChI is InChI=1S/C35H55N3O3S/c1-2-3-4-5-6-7-8-9-10-11-12-13-14-15-16-20-31-41-34-25-21-32(22-26-34)36-37-33-23-27-35(28-24-33)42(39,40)38-29-18-17-19-30-38/h21-28H,2-20,29-31H2,1H3. The van der Waals surface area contributed by atoms with Crippen molar-refractivity contribution in [2.75, 3.05) is 19.7 Å². The Morgan fingerprint density at radius 3 is 1.50 bits per heavy atom. The first-order chi connectivity index (χ1) is 20.6. The van der Waals surface area contributed by atoms with E-state index in [0.717, 1.165) is 43.7 Å². The topological polar surface area (TPSA) is 71.3 Å². The lowest BCUT2D eigenvalue weighted by Gasteiger charge is -2.25. The smallest absolute Gasteiger partial charge is 0.243 e. The van der Waals surface area contributed by atoms with Crippen LogP contribution in [0.5, 0.6) is 5.75 Å². The van der Waals surface area contributed by atoms with Gasteiger partial charge in [-0.05, 0) is 67.8 Å². The van der Waals surface area contributed by atoms with Crippen molar-refractivity contribution in [1.82, 2.24) is 4.31 Å². The zero-order valence-electron chi connectivity index (χ0n) is 26.1. The Bertz CT molecular complexity index is 1100. The van der Waals surface area contributed by atoms with E-state index in [0.29, 0.717) is 23.7 Å². The largest absolute Gasteiger partial charge is 0.494 e. The van der Waals surface area contributed by atoms with Gasteiger partial charge in [0.25, 0.3) is 0 Å². The van der Waals surface area contributed by atoms with Gasteiger partial charge in [-0.3, -0.25) is 0 Å². The van der Waals surface area contributed by atoms with Gasteiger partial charge < -0.3 is 4.74 Å². The van der Waals surface area contributed by atoms with Crippen molar-refractivity contribution in [3.05, 3.63) is 48.5 Å². The van der Waals surface area contributed by atoms with Crippen LogP contribution in [0.1, 0.15) is 129 Å². The molecule has 0 aromatic heterocycles. The second-order valence-corrected chi connectivity index (χ2v) is 13.7. The molecular formula is C35H55N3O3S. The lowest BCUT2D eigenvalue weighted by Crippen LogP contribution is -2.35. The van der Waals surface area contributed by atoms with Gasteiger partial charge in [0, 0.05) is 13.1 Å². The van der Waals surface area contributed by atoms with Gasteiger partial charge in [0.2, 0.25) is 10.0 Å². The number of piperidine rings is 1. The highest BCUT2D eigenvalue weighted by Crippen LogP contribution is 2.25. The number of nitrogens with zero attached hydrogens (tertiary/aromatic N) is 3. The molecule has 1 fully saturated rings. The van der Waals surface area contributed by atoms with Gasteiger partial charge in [0.1, 0.15) is 5.75 Å². The summed E-state index contributed by atoms with van der Waals surface area (Å²) in [6.07, 6.45) is 24.8. The molecule has 0 radical (unpaired) electrons. The Balaban J connectivity index is 1.20. The molecule has 6 nitrogen and oxygen atoms in total. The van der Waals surface area contributed by atoms with E-state index < -0.39 is 10.0 Å². The fraction of sp³-hybridized carbons (Fsp3) is 0.657. The van der Waals surface area contributed by atoms with Crippen molar-refractivity contribution in [2.45, 2.75) is 134 Å². The zero-order chi connectivity index (χ0) is 29.7. The van der Waals surface area contributed by atoms with E-state index in [1.54, 1.807) is 28.6 Å². The van der Waals surface area contributed by atoms with Crippen LogP contribution in [0.25, 0.3) is 0 Å². The molecule has 0 N–H and O–H groups in total. The van der Waals surface area contributed by atoms with Gasteiger partial charge in [-0.2, -0.15) is 14.5 Å². The van der Waals surface area contributed by atoms with E-state index in [1.807, 2.05) is 24.3 Å². The van der Waals surface area contributed by atoms with Gasteiger partial charge in [-0.25, -0.2) is 8.42 Å². The molecule has 0 bridgehead atoms. The van der Waals surface area contributed by atoms with Crippen molar-refractivity contribution in [2.24, 2.45) is 10.2 Å². The third-order valence-electron chi connectivity index (χ3n) is 8.17. The minimum Gasteiger partial charge on any atom is -0.494 e. The normalized spacial score (nSPS) is 14.5. The molecule has 3 rings (SSSR count). The minimum absolute atomic E-state index is 0.314. The van der Waals surface area contributed by atoms with Gasteiger partial charge in [-0.15, -0.1) is 0 Å². The van der Waals surface area contributed by atoms with Crippen molar-refractivity contribution >= 4 is 21.4 Å². The van der Waals surface area contributed by atoms with Gasteiger partial charge in [0.15, 0.2) is 0 Å². The molecule has 42 heavy (non-hydrogen) atoms. The molecule has 0 aliphatic carbocycles. The first-order valence-electron chi connectivity index (χ1n) is 16.8. The van der Waals surface area contributed by atoms with E-state index in [9.17, 15) is 8.42 Å². The summed E-state index contributed by atoms with van der Waals surface area (Å²) in [4.78, 5) is 0.314. The molecule has 1 aliphatic heterocycles. The lowest BCUT2D eigenvalue weighted by molar-refractivity contribution is 0.304. The van der Waals surface area contributed by atoms with Crippen LogP contribution in [0.4, 0.5) is 11.4 Å². The molecule has 0 unspecified atom stereocenters. The summed E-state index contributed by atoms with van der Waals surface area (Å²) in [5.74, 6) is 0.849. The molecule has 234 valence electrons. The second-order valence-electron chi connectivity index (χ2n) is 11.8. The molecule has 1 aliphatic rings. The average molecular weight is 598 g/mol. The predicted molar refractivity (Wildman–Crippen MR) is 175 cm³/mol.